The molecule has 0 heterocycles. The highest BCUT2D eigenvalue weighted by Gasteiger charge is 2.16. The van der Waals surface area contributed by atoms with E-state index in [0.29, 0.717) is 12.8 Å². The number of aliphatic hydroxyl groups excluding tert-OH is 1. The van der Waals surface area contributed by atoms with Gasteiger partial charge in [-0.25, -0.2) is 0 Å². The fourth-order valence-electron chi connectivity index (χ4n) is 4.55. The van der Waals surface area contributed by atoms with Gasteiger partial charge in [0, 0.05) is 12.8 Å². The molecule has 0 spiro atoms. The minimum absolute atomic E-state index is 0.0792. The number of carbonyl (C=O) groups is 2. The maximum atomic E-state index is 12.1. The van der Waals surface area contributed by atoms with Crippen LogP contribution in [-0.2, 0) is 19.1 Å². The number of esters is 2. The third-order valence-corrected chi connectivity index (χ3v) is 7.17. The number of hydrogen-bond donors (Lipinski definition) is 1. The van der Waals surface area contributed by atoms with Crippen LogP contribution in [0.1, 0.15) is 155 Å². The van der Waals surface area contributed by atoms with Crippen LogP contribution in [-0.4, -0.2) is 36.4 Å². The predicted octanol–water partition coefficient (Wildman–Crippen LogP) is 10.3. The Morgan fingerprint density at radius 3 is 1.60 bits per heavy atom. The molecule has 0 bridgehead atoms. The number of rotatable bonds is 30. The smallest absolute Gasteiger partial charge is 0.306 e. The highest BCUT2D eigenvalue weighted by molar-refractivity contribution is 5.70. The summed E-state index contributed by atoms with van der Waals surface area (Å²) in [5.74, 6) is -0.624. The Bertz CT molecular complexity index is 722. The summed E-state index contributed by atoms with van der Waals surface area (Å²) in [4.78, 5) is 24.1. The van der Waals surface area contributed by atoms with Gasteiger partial charge in [0.25, 0.3) is 0 Å². The van der Waals surface area contributed by atoms with Crippen molar-refractivity contribution in [2.24, 2.45) is 0 Å². The van der Waals surface area contributed by atoms with Crippen LogP contribution in [0, 0.1) is 0 Å². The van der Waals surface area contributed by atoms with E-state index in [4.69, 9.17) is 9.47 Å². The molecular formula is C37H64O5. The Morgan fingerprint density at radius 2 is 1.05 bits per heavy atom. The molecule has 0 aromatic rings. The molecule has 0 fully saturated rings. The molecule has 1 N–H and O–H groups in total. The van der Waals surface area contributed by atoms with Crippen LogP contribution in [0.3, 0.4) is 0 Å². The molecule has 0 saturated carbocycles. The number of hydrogen-bond acceptors (Lipinski definition) is 5. The summed E-state index contributed by atoms with van der Waals surface area (Å²) in [7, 11) is 0. The van der Waals surface area contributed by atoms with Gasteiger partial charge in [0.1, 0.15) is 6.61 Å². The van der Waals surface area contributed by atoms with Crippen LogP contribution >= 0.6 is 0 Å². The predicted molar refractivity (Wildman–Crippen MR) is 177 cm³/mol. The van der Waals surface area contributed by atoms with E-state index >= 15 is 0 Å². The van der Waals surface area contributed by atoms with E-state index in [1.54, 1.807) is 0 Å². The molecule has 5 heteroatoms. The molecule has 42 heavy (non-hydrogen) atoms. The van der Waals surface area contributed by atoms with Crippen LogP contribution < -0.4 is 0 Å². The Labute approximate surface area is 258 Å². The molecule has 0 radical (unpaired) electrons. The van der Waals surface area contributed by atoms with Crippen LogP contribution in [0.4, 0.5) is 0 Å². The van der Waals surface area contributed by atoms with E-state index < -0.39 is 6.10 Å². The van der Waals surface area contributed by atoms with Crippen LogP contribution in [0.5, 0.6) is 0 Å². The Balaban J connectivity index is 3.62. The monoisotopic (exact) mass is 588 g/mol. The zero-order valence-electron chi connectivity index (χ0n) is 27.2. The summed E-state index contributed by atoms with van der Waals surface area (Å²) in [6, 6.07) is 0. The Hall–Kier alpha value is -2.14. The lowest BCUT2D eigenvalue weighted by Crippen LogP contribution is -2.28. The van der Waals surface area contributed by atoms with Gasteiger partial charge in [0.05, 0.1) is 6.61 Å². The van der Waals surface area contributed by atoms with E-state index in [1.165, 1.54) is 64.2 Å². The Morgan fingerprint density at radius 1 is 0.571 bits per heavy atom. The largest absolute Gasteiger partial charge is 0.462 e. The van der Waals surface area contributed by atoms with Crippen molar-refractivity contribution in [3.63, 3.8) is 0 Å². The summed E-state index contributed by atoms with van der Waals surface area (Å²) >= 11 is 0. The molecular weight excluding hydrogens is 524 g/mol. The lowest BCUT2D eigenvalue weighted by atomic mass is 10.1. The summed E-state index contributed by atoms with van der Waals surface area (Å²) in [5, 5.41) is 9.51. The molecule has 0 aromatic heterocycles. The van der Waals surface area contributed by atoms with Gasteiger partial charge in [0.15, 0.2) is 6.10 Å². The van der Waals surface area contributed by atoms with Crippen molar-refractivity contribution in [2.75, 3.05) is 13.2 Å². The summed E-state index contributed by atoms with van der Waals surface area (Å²) in [6.07, 6.45) is 40.2. The van der Waals surface area contributed by atoms with Crippen molar-refractivity contribution in [3.8, 4) is 0 Å². The van der Waals surface area contributed by atoms with E-state index in [1.807, 2.05) is 6.08 Å². The van der Waals surface area contributed by atoms with E-state index in [2.05, 4.69) is 56.4 Å². The first-order valence-electron chi connectivity index (χ1n) is 17.2. The number of ether oxygens (including phenoxy) is 2. The molecule has 0 rings (SSSR count). The fraction of sp³-hybridized carbons (Fsp3) is 0.730. The average Bonchev–Trinajstić information content (AvgIpc) is 2.99. The molecule has 0 amide bonds. The first-order chi connectivity index (χ1) is 20.6. The lowest BCUT2D eigenvalue weighted by Gasteiger charge is -2.15. The average molecular weight is 589 g/mol. The minimum Gasteiger partial charge on any atom is -0.462 e. The van der Waals surface area contributed by atoms with Gasteiger partial charge in [-0.05, 0) is 57.8 Å². The topological polar surface area (TPSA) is 72.8 Å². The minimum atomic E-state index is -0.780. The number of allylic oxidation sites excluding steroid dienone is 8. The maximum absolute atomic E-state index is 12.1. The number of unbranched alkanes of at least 4 members (excludes halogenated alkanes) is 16. The van der Waals surface area contributed by atoms with Gasteiger partial charge in [-0.3, -0.25) is 9.59 Å². The van der Waals surface area contributed by atoms with Crippen molar-refractivity contribution in [1.29, 1.82) is 0 Å². The lowest BCUT2D eigenvalue weighted by molar-refractivity contribution is -0.161. The molecule has 0 aliphatic carbocycles. The van der Waals surface area contributed by atoms with Crippen molar-refractivity contribution in [3.05, 3.63) is 48.6 Å². The molecule has 1 atom stereocenters. The van der Waals surface area contributed by atoms with Crippen LogP contribution in [0.25, 0.3) is 0 Å². The van der Waals surface area contributed by atoms with E-state index in [9.17, 15) is 14.7 Å². The zero-order chi connectivity index (χ0) is 30.8. The second-order valence-electron chi connectivity index (χ2n) is 11.3. The zero-order valence-corrected chi connectivity index (χ0v) is 27.2. The fourth-order valence-corrected chi connectivity index (χ4v) is 4.55. The molecule has 5 nitrogen and oxygen atoms in total. The molecule has 1 unspecified atom stereocenters. The van der Waals surface area contributed by atoms with Gasteiger partial charge in [-0.2, -0.15) is 0 Å². The number of aliphatic hydroxyl groups is 1. The van der Waals surface area contributed by atoms with Gasteiger partial charge in [0.2, 0.25) is 0 Å². The van der Waals surface area contributed by atoms with Crippen molar-refractivity contribution >= 4 is 11.9 Å². The normalized spacial score (nSPS) is 12.7. The van der Waals surface area contributed by atoms with Gasteiger partial charge in [-0.15, -0.1) is 0 Å². The van der Waals surface area contributed by atoms with E-state index in [0.717, 1.165) is 64.2 Å². The summed E-state index contributed by atoms with van der Waals surface area (Å²) in [5.41, 5.74) is 0. The van der Waals surface area contributed by atoms with Crippen LogP contribution in [0.2, 0.25) is 0 Å². The highest BCUT2D eigenvalue weighted by Crippen LogP contribution is 2.12. The van der Waals surface area contributed by atoms with E-state index in [-0.39, 0.29) is 25.2 Å². The van der Waals surface area contributed by atoms with Crippen molar-refractivity contribution in [1.82, 2.24) is 0 Å². The van der Waals surface area contributed by atoms with Gasteiger partial charge in [-0.1, -0.05) is 133 Å². The molecule has 0 saturated heterocycles. The quantitative estimate of drug-likeness (QED) is 0.0391. The van der Waals surface area contributed by atoms with Crippen molar-refractivity contribution in [2.45, 2.75) is 161 Å². The van der Waals surface area contributed by atoms with Crippen LogP contribution in [0.15, 0.2) is 48.6 Å². The number of carbonyl (C=O) groups excluding carboxylic acids is 2. The first kappa shape index (κ1) is 39.9. The SMILES string of the molecule is CC/C=C/C=C/C=C/CCCCCCCC(=O)OCC(CO)OC(=O)CCCCCCCCC/C=C/CCCCCC. The molecule has 0 aliphatic rings. The second-order valence-corrected chi connectivity index (χ2v) is 11.3. The highest BCUT2D eigenvalue weighted by atomic mass is 16.6. The van der Waals surface area contributed by atoms with Crippen molar-refractivity contribution < 1.29 is 24.2 Å². The third-order valence-electron chi connectivity index (χ3n) is 7.17. The molecule has 0 aliphatic heterocycles. The molecule has 242 valence electrons. The molecule has 0 aromatic carbocycles. The van der Waals surface area contributed by atoms with Gasteiger partial charge < -0.3 is 14.6 Å². The first-order valence-corrected chi connectivity index (χ1v) is 17.2. The summed E-state index contributed by atoms with van der Waals surface area (Å²) < 4.78 is 10.5. The van der Waals surface area contributed by atoms with Gasteiger partial charge >= 0.3 is 11.9 Å². The summed E-state index contributed by atoms with van der Waals surface area (Å²) in [6.45, 7) is 3.95. The maximum Gasteiger partial charge on any atom is 0.306 e. The second kappa shape index (κ2) is 33.4. The standard InChI is InChI=1S/C37H64O5/c1-3-5-7-9-11-13-15-17-18-20-22-24-26-28-30-32-37(40)42-35(33-38)34-41-36(39)31-29-27-25-23-21-19-16-14-12-10-8-6-4-2/h6,8,10,12-16,35,38H,3-5,7,9,11,17-34H2,1-2H3/b8-6+,12-10+,15-13+,16-14+. The third kappa shape index (κ3) is 30.8. The Kier molecular flexibility index (Phi) is 31.7.